The van der Waals surface area contributed by atoms with E-state index in [1.807, 2.05) is 13.0 Å². The molecule has 0 saturated heterocycles. The van der Waals surface area contributed by atoms with Crippen molar-refractivity contribution in [1.29, 1.82) is 0 Å². The van der Waals surface area contributed by atoms with Crippen molar-refractivity contribution in [2.24, 2.45) is 0 Å². The number of thiophene rings is 1. The Bertz CT molecular complexity index is 853. The number of benzene rings is 1. The van der Waals surface area contributed by atoms with Crippen molar-refractivity contribution in [3.63, 3.8) is 0 Å². The molecule has 7 nitrogen and oxygen atoms in total. The smallest absolute Gasteiger partial charge is 0.279 e. The molecule has 0 spiro atoms. The summed E-state index contributed by atoms with van der Waals surface area (Å²) in [5, 5.41) is 3.31. The van der Waals surface area contributed by atoms with Gasteiger partial charge in [-0.15, -0.1) is 11.3 Å². The molecule has 0 bridgehead atoms. The summed E-state index contributed by atoms with van der Waals surface area (Å²) in [4.78, 5) is 36.1. The van der Waals surface area contributed by atoms with Crippen LogP contribution in [0.2, 0.25) is 5.02 Å². The molecule has 0 atom stereocenters. The van der Waals surface area contributed by atoms with Crippen LogP contribution >= 0.6 is 22.9 Å². The van der Waals surface area contributed by atoms with Gasteiger partial charge in [0.25, 0.3) is 5.91 Å². The fraction of sp³-hybridized carbons (Fsp3) is 0.316. The van der Waals surface area contributed by atoms with E-state index in [0.717, 1.165) is 16.2 Å². The Morgan fingerprint density at radius 1 is 1.14 bits per heavy atom. The highest BCUT2D eigenvalue weighted by Gasteiger charge is 2.11. The van der Waals surface area contributed by atoms with Gasteiger partial charge in [0.05, 0.1) is 18.0 Å². The van der Waals surface area contributed by atoms with E-state index in [-0.39, 0.29) is 18.2 Å². The van der Waals surface area contributed by atoms with Crippen molar-refractivity contribution in [2.45, 2.75) is 33.2 Å². The van der Waals surface area contributed by atoms with Crippen molar-refractivity contribution < 1.29 is 19.1 Å². The fourth-order valence-corrected chi connectivity index (χ4v) is 3.32. The van der Waals surface area contributed by atoms with E-state index in [9.17, 15) is 14.4 Å². The van der Waals surface area contributed by atoms with Gasteiger partial charge >= 0.3 is 0 Å². The first-order chi connectivity index (χ1) is 13.3. The van der Waals surface area contributed by atoms with Crippen molar-refractivity contribution in [3.05, 3.63) is 50.7 Å². The first-order valence-electron chi connectivity index (χ1n) is 8.66. The number of halogens is 1. The predicted molar refractivity (Wildman–Crippen MR) is 108 cm³/mol. The molecule has 0 aliphatic heterocycles. The fourth-order valence-electron chi connectivity index (χ4n) is 2.25. The van der Waals surface area contributed by atoms with E-state index in [1.165, 1.54) is 18.3 Å². The molecule has 1 heterocycles. The molecule has 1 aromatic heterocycles. The van der Waals surface area contributed by atoms with Gasteiger partial charge in [-0.25, -0.2) is 0 Å². The summed E-state index contributed by atoms with van der Waals surface area (Å²) in [5.41, 5.74) is 5.69. The summed E-state index contributed by atoms with van der Waals surface area (Å²) in [6.07, 6.45) is 0.717. The van der Waals surface area contributed by atoms with E-state index >= 15 is 0 Å². The number of rotatable bonds is 8. The number of amides is 3. The number of nitrogens with one attached hydrogen (secondary N) is 3. The van der Waals surface area contributed by atoms with Crippen LogP contribution in [0.25, 0.3) is 0 Å². The summed E-state index contributed by atoms with van der Waals surface area (Å²) in [6.45, 7) is 4.07. The molecule has 0 aliphatic rings. The van der Waals surface area contributed by atoms with Gasteiger partial charge < -0.3 is 10.1 Å². The van der Waals surface area contributed by atoms with Crippen LogP contribution < -0.4 is 20.9 Å². The predicted octanol–water partition coefficient (Wildman–Crippen LogP) is 2.97. The van der Waals surface area contributed by atoms with Crippen LogP contribution in [-0.4, -0.2) is 24.3 Å². The van der Waals surface area contributed by atoms with Gasteiger partial charge in [0, 0.05) is 23.2 Å². The quantitative estimate of drug-likeness (QED) is 0.449. The molecule has 0 unspecified atom stereocenters. The van der Waals surface area contributed by atoms with Crippen molar-refractivity contribution in [1.82, 2.24) is 16.2 Å². The summed E-state index contributed by atoms with van der Waals surface area (Å²) in [5.74, 6) is -0.118. The van der Waals surface area contributed by atoms with Crippen LogP contribution in [0.4, 0.5) is 0 Å². The van der Waals surface area contributed by atoms with Crippen molar-refractivity contribution in [2.75, 3.05) is 6.61 Å². The Labute approximate surface area is 172 Å². The van der Waals surface area contributed by atoms with E-state index in [4.69, 9.17) is 16.3 Å². The van der Waals surface area contributed by atoms with Gasteiger partial charge in [-0.1, -0.05) is 11.6 Å². The lowest BCUT2D eigenvalue weighted by Gasteiger charge is -2.09. The third kappa shape index (κ3) is 7.21. The first kappa shape index (κ1) is 21.7. The minimum Gasteiger partial charge on any atom is -0.493 e. The van der Waals surface area contributed by atoms with Gasteiger partial charge in [-0.2, -0.15) is 0 Å². The topological polar surface area (TPSA) is 96.5 Å². The molecule has 0 saturated carbocycles. The van der Waals surface area contributed by atoms with Crippen molar-refractivity contribution >= 4 is 40.7 Å². The highest BCUT2D eigenvalue weighted by atomic mass is 35.5. The molecule has 0 aliphatic carbocycles. The van der Waals surface area contributed by atoms with E-state index < -0.39 is 5.91 Å². The van der Waals surface area contributed by atoms with Crippen molar-refractivity contribution in [3.8, 4) is 5.75 Å². The normalized spacial score (nSPS) is 10.2. The molecule has 28 heavy (non-hydrogen) atoms. The molecular formula is C19H22ClN3O4S. The van der Waals surface area contributed by atoms with E-state index in [1.54, 1.807) is 24.3 Å². The highest BCUT2D eigenvalue weighted by Crippen LogP contribution is 2.22. The Morgan fingerprint density at radius 3 is 2.64 bits per heavy atom. The first-order valence-corrected chi connectivity index (χ1v) is 9.86. The lowest BCUT2D eigenvalue weighted by atomic mass is 10.2. The SMILES string of the molecule is CC(=O)NCc1ccc(C(=O)NNC(=O)CCCOc2ccc(Cl)cc2C)s1. The third-order valence-corrected chi connectivity index (χ3v) is 4.97. The number of carbonyl (C=O) groups excluding carboxylic acids is 3. The minimum atomic E-state index is -0.402. The Balaban J connectivity index is 1.66. The second-order valence-electron chi connectivity index (χ2n) is 6.04. The maximum Gasteiger partial charge on any atom is 0.279 e. The zero-order valence-electron chi connectivity index (χ0n) is 15.6. The number of hydrazine groups is 1. The van der Waals surface area contributed by atoms with Crippen LogP contribution in [0.15, 0.2) is 30.3 Å². The molecule has 9 heteroatoms. The molecule has 3 N–H and O–H groups in total. The highest BCUT2D eigenvalue weighted by molar-refractivity contribution is 7.14. The summed E-state index contributed by atoms with van der Waals surface area (Å²) >= 11 is 7.14. The number of aryl methyl sites for hydroxylation is 1. The van der Waals surface area contributed by atoms with Gasteiger partial charge in [0.1, 0.15) is 5.75 Å². The standard InChI is InChI=1S/C19H22ClN3O4S/c1-12-10-14(20)5-7-16(12)27-9-3-4-18(25)22-23-19(26)17-8-6-15(28-17)11-21-13(2)24/h5-8,10H,3-4,9,11H2,1-2H3,(H,21,24)(H,22,25)(H,23,26). The summed E-state index contributed by atoms with van der Waals surface area (Å²) < 4.78 is 5.63. The number of hydrogen-bond acceptors (Lipinski definition) is 5. The average molecular weight is 424 g/mol. The lowest BCUT2D eigenvalue weighted by molar-refractivity contribution is -0.122. The number of carbonyl (C=O) groups is 3. The molecule has 0 fully saturated rings. The van der Waals surface area contributed by atoms with Crippen LogP contribution in [-0.2, 0) is 16.1 Å². The Kier molecular flexibility index (Phi) is 8.28. The maximum absolute atomic E-state index is 12.0. The molecule has 2 rings (SSSR count). The van der Waals surface area contributed by atoms with Crippen LogP contribution in [0.5, 0.6) is 5.75 Å². The van der Waals surface area contributed by atoms with E-state index in [0.29, 0.717) is 29.5 Å². The monoisotopic (exact) mass is 423 g/mol. The Hall–Kier alpha value is -2.58. The number of hydrogen-bond donors (Lipinski definition) is 3. The molecule has 150 valence electrons. The summed E-state index contributed by atoms with van der Waals surface area (Å²) in [6, 6.07) is 8.75. The molecule has 3 amide bonds. The van der Waals surface area contributed by atoms with E-state index in [2.05, 4.69) is 16.2 Å². The summed E-state index contributed by atoms with van der Waals surface area (Å²) in [7, 11) is 0. The van der Waals surface area contributed by atoms with Gasteiger partial charge in [-0.3, -0.25) is 25.2 Å². The largest absolute Gasteiger partial charge is 0.493 e. The van der Waals surface area contributed by atoms with Gasteiger partial charge in [0.2, 0.25) is 11.8 Å². The lowest BCUT2D eigenvalue weighted by Crippen LogP contribution is -2.41. The van der Waals surface area contributed by atoms with Crippen LogP contribution in [0.1, 0.15) is 39.9 Å². The van der Waals surface area contributed by atoms with Crippen LogP contribution in [0.3, 0.4) is 0 Å². The van der Waals surface area contributed by atoms with Crippen LogP contribution in [0, 0.1) is 6.92 Å². The van der Waals surface area contributed by atoms with Gasteiger partial charge in [0.15, 0.2) is 0 Å². The molecule has 2 aromatic rings. The number of ether oxygens (including phenoxy) is 1. The van der Waals surface area contributed by atoms with Gasteiger partial charge in [-0.05, 0) is 49.2 Å². The second-order valence-corrected chi connectivity index (χ2v) is 7.64. The zero-order chi connectivity index (χ0) is 20.5. The minimum absolute atomic E-state index is 0.137. The molecule has 0 radical (unpaired) electrons. The molecular weight excluding hydrogens is 402 g/mol. The zero-order valence-corrected chi connectivity index (χ0v) is 17.2. The average Bonchev–Trinajstić information content (AvgIpc) is 3.12. The second kappa shape index (κ2) is 10.7. The maximum atomic E-state index is 12.0. The Morgan fingerprint density at radius 2 is 1.93 bits per heavy atom. The third-order valence-electron chi connectivity index (χ3n) is 3.66. The molecule has 1 aromatic carbocycles.